The standard InChI is InChI=1S/C14H28N2O3/c1-4-15-14(13(17)18,12-7-8-12)11-16(5-2)9-10-19-6-3/h12,15H,4-11H2,1-3H3,(H,17,18). The normalized spacial score (nSPS) is 18.5. The number of carboxylic acids is 1. The minimum absolute atomic E-state index is 0.270. The van der Waals surface area contributed by atoms with Gasteiger partial charge in [-0.05, 0) is 38.8 Å². The van der Waals surface area contributed by atoms with E-state index in [1.807, 2.05) is 13.8 Å². The van der Waals surface area contributed by atoms with E-state index in [4.69, 9.17) is 4.74 Å². The summed E-state index contributed by atoms with van der Waals surface area (Å²) in [6.45, 7) is 10.3. The van der Waals surface area contributed by atoms with Gasteiger partial charge in [-0.2, -0.15) is 0 Å². The van der Waals surface area contributed by atoms with Gasteiger partial charge < -0.3 is 15.2 Å². The van der Waals surface area contributed by atoms with Gasteiger partial charge in [0.25, 0.3) is 0 Å². The van der Waals surface area contributed by atoms with Crippen LogP contribution < -0.4 is 5.32 Å². The van der Waals surface area contributed by atoms with Crippen molar-refractivity contribution in [1.82, 2.24) is 10.2 Å². The van der Waals surface area contributed by atoms with E-state index >= 15 is 0 Å². The largest absolute Gasteiger partial charge is 0.480 e. The van der Waals surface area contributed by atoms with Crippen molar-refractivity contribution >= 4 is 5.97 Å². The first-order chi connectivity index (χ1) is 9.10. The molecule has 0 aromatic rings. The molecule has 1 unspecified atom stereocenters. The highest BCUT2D eigenvalue weighted by Gasteiger charge is 2.51. The predicted octanol–water partition coefficient (Wildman–Crippen LogP) is 1.19. The predicted molar refractivity (Wildman–Crippen MR) is 75.4 cm³/mol. The number of hydrogen-bond acceptors (Lipinski definition) is 4. The van der Waals surface area contributed by atoms with E-state index < -0.39 is 11.5 Å². The molecular weight excluding hydrogens is 244 g/mol. The van der Waals surface area contributed by atoms with Gasteiger partial charge in [-0.3, -0.25) is 9.69 Å². The maximum Gasteiger partial charge on any atom is 0.325 e. The highest BCUT2D eigenvalue weighted by Crippen LogP contribution is 2.40. The number of rotatable bonds is 11. The summed E-state index contributed by atoms with van der Waals surface area (Å²) in [6, 6.07) is 0. The number of carbonyl (C=O) groups is 1. The molecule has 0 bridgehead atoms. The summed E-state index contributed by atoms with van der Waals surface area (Å²) in [4.78, 5) is 13.9. The molecule has 0 spiro atoms. The number of carboxylic acid groups (broad SMARTS) is 1. The quantitative estimate of drug-likeness (QED) is 0.553. The Morgan fingerprint density at radius 2 is 2.11 bits per heavy atom. The summed E-state index contributed by atoms with van der Waals surface area (Å²) in [5.41, 5.74) is -0.781. The smallest absolute Gasteiger partial charge is 0.325 e. The Morgan fingerprint density at radius 1 is 1.42 bits per heavy atom. The highest BCUT2D eigenvalue weighted by atomic mass is 16.5. The van der Waals surface area contributed by atoms with E-state index in [9.17, 15) is 9.90 Å². The monoisotopic (exact) mass is 272 g/mol. The van der Waals surface area contributed by atoms with Crippen LogP contribution >= 0.6 is 0 Å². The molecule has 1 fully saturated rings. The minimum Gasteiger partial charge on any atom is -0.480 e. The van der Waals surface area contributed by atoms with Crippen LogP contribution in [-0.4, -0.2) is 60.9 Å². The average molecular weight is 272 g/mol. The van der Waals surface area contributed by atoms with Gasteiger partial charge in [0.05, 0.1) is 6.61 Å². The third-order valence-corrected chi connectivity index (χ3v) is 3.82. The molecule has 1 rings (SSSR count). The van der Waals surface area contributed by atoms with Crippen molar-refractivity contribution in [2.75, 3.05) is 39.4 Å². The molecule has 112 valence electrons. The lowest BCUT2D eigenvalue weighted by Crippen LogP contribution is -2.61. The molecule has 0 aromatic heterocycles. The molecule has 1 aliphatic rings. The van der Waals surface area contributed by atoms with Gasteiger partial charge in [-0.25, -0.2) is 0 Å². The number of likely N-dealkylation sites (N-methyl/N-ethyl adjacent to an activating group) is 2. The SMILES string of the molecule is CCNC(CN(CC)CCOCC)(C(=O)O)C1CC1. The van der Waals surface area contributed by atoms with E-state index in [1.165, 1.54) is 0 Å². The molecule has 1 aliphatic carbocycles. The maximum absolute atomic E-state index is 11.8. The Hall–Kier alpha value is -0.650. The molecule has 0 radical (unpaired) electrons. The molecule has 2 N–H and O–H groups in total. The Balaban J connectivity index is 2.65. The molecule has 5 nitrogen and oxygen atoms in total. The van der Waals surface area contributed by atoms with E-state index in [-0.39, 0.29) is 5.92 Å². The van der Waals surface area contributed by atoms with Gasteiger partial charge in [0.1, 0.15) is 5.54 Å². The second-order valence-electron chi connectivity index (χ2n) is 5.15. The lowest BCUT2D eigenvalue weighted by molar-refractivity contribution is -0.147. The van der Waals surface area contributed by atoms with Gasteiger partial charge in [0, 0.05) is 19.7 Å². The van der Waals surface area contributed by atoms with Crippen LogP contribution in [0.1, 0.15) is 33.6 Å². The Bertz CT molecular complexity index is 282. The summed E-state index contributed by atoms with van der Waals surface area (Å²) in [7, 11) is 0. The molecule has 0 aliphatic heterocycles. The molecule has 5 heteroatoms. The number of hydrogen-bond donors (Lipinski definition) is 2. The minimum atomic E-state index is -0.781. The van der Waals surface area contributed by atoms with Gasteiger partial charge in [-0.15, -0.1) is 0 Å². The lowest BCUT2D eigenvalue weighted by atomic mass is 9.92. The second kappa shape index (κ2) is 7.82. The third kappa shape index (κ3) is 4.44. The van der Waals surface area contributed by atoms with Crippen LogP contribution in [0.15, 0.2) is 0 Å². The number of nitrogens with zero attached hydrogens (tertiary/aromatic N) is 1. The van der Waals surface area contributed by atoms with Crippen LogP contribution in [0.2, 0.25) is 0 Å². The summed E-state index contributed by atoms with van der Waals surface area (Å²) >= 11 is 0. The van der Waals surface area contributed by atoms with Gasteiger partial charge in [0.15, 0.2) is 0 Å². The number of aliphatic carboxylic acids is 1. The summed E-state index contributed by atoms with van der Waals surface area (Å²) in [5.74, 6) is -0.446. The highest BCUT2D eigenvalue weighted by molar-refractivity contribution is 5.80. The van der Waals surface area contributed by atoms with Gasteiger partial charge in [0.2, 0.25) is 0 Å². The van der Waals surface area contributed by atoms with Crippen LogP contribution in [-0.2, 0) is 9.53 Å². The molecule has 0 aromatic carbocycles. The Kier molecular flexibility index (Phi) is 6.75. The summed E-state index contributed by atoms with van der Waals surface area (Å²) < 4.78 is 5.37. The second-order valence-corrected chi connectivity index (χ2v) is 5.15. The van der Waals surface area contributed by atoms with Crippen LogP contribution in [0.4, 0.5) is 0 Å². The zero-order valence-corrected chi connectivity index (χ0v) is 12.4. The van der Waals surface area contributed by atoms with E-state index in [1.54, 1.807) is 0 Å². The van der Waals surface area contributed by atoms with Crippen molar-refractivity contribution in [1.29, 1.82) is 0 Å². The number of ether oxygens (including phenoxy) is 1. The zero-order chi connectivity index (χ0) is 14.3. The van der Waals surface area contributed by atoms with E-state index in [0.29, 0.717) is 26.3 Å². The molecule has 0 heterocycles. The molecule has 19 heavy (non-hydrogen) atoms. The van der Waals surface area contributed by atoms with Crippen molar-refractivity contribution in [3.8, 4) is 0 Å². The van der Waals surface area contributed by atoms with E-state index in [2.05, 4.69) is 17.1 Å². The molecule has 1 saturated carbocycles. The fourth-order valence-corrected chi connectivity index (χ4v) is 2.58. The van der Waals surface area contributed by atoms with E-state index in [0.717, 1.165) is 25.9 Å². The first-order valence-electron chi connectivity index (χ1n) is 7.39. The maximum atomic E-state index is 11.8. The Labute approximate surface area is 116 Å². The third-order valence-electron chi connectivity index (χ3n) is 3.82. The van der Waals surface area contributed by atoms with Crippen molar-refractivity contribution in [3.05, 3.63) is 0 Å². The van der Waals surface area contributed by atoms with Crippen LogP contribution in [0.5, 0.6) is 0 Å². The van der Waals surface area contributed by atoms with Crippen molar-refractivity contribution in [3.63, 3.8) is 0 Å². The first-order valence-corrected chi connectivity index (χ1v) is 7.39. The molecule has 0 amide bonds. The zero-order valence-electron chi connectivity index (χ0n) is 12.4. The topological polar surface area (TPSA) is 61.8 Å². The van der Waals surface area contributed by atoms with Gasteiger partial charge in [-0.1, -0.05) is 13.8 Å². The van der Waals surface area contributed by atoms with Crippen molar-refractivity contribution in [2.24, 2.45) is 5.92 Å². The molecule has 0 saturated heterocycles. The summed E-state index contributed by atoms with van der Waals surface area (Å²) in [5, 5.41) is 12.9. The fourth-order valence-electron chi connectivity index (χ4n) is 2.58. The van der Waals surface area contributed by atoms with Crippen LogP contribution in [0.25, 0.3) is 0 Å². The van der Waals surface area contributed by atoms with Crippen LogP contribution in [0.3, 0.4) is 0 Å². The summed E-state index contributed by atoms with van der Waals surface area (Å²) in [6.07, 6.45) is 2.03. The lowest BCUT2D eigenvalue weighted by Gasteiger charge is -2.35. The molecular formula is C14H28N2O3. The van der Waals surface area contributed by atoms with Crippen LogP contribution in [0, 0.1) is 5.92 Å². The van der Waals surface area contributed by atoms with Crippen molar-refractivity contribution in [2.45, 2.75) is 39.2 Å². The average Bonchev–Trinajstić information content (AvgIpc) is 3.21. The molecule has 1 atom stereocenters. The number of nitrogens with one attached hydrogen (secondary N) is 1. The van der Waals surface area contributed by atoms with Gasteiger partial charge >= 0.3 is 5.97 Å². The Morgan fingerprint density at radius 3 is 2.53 bits per heavy atom. The first kappa shape index (κ1) is 16.4. The van der Waals surface area contributed by atoms with Crippen molar-refractivity contribution < 1.29 is 14.6 Å². The fraction of sp³-hybridized carbons (Fsp3) is 0.929.